The normalized spacial score (nSPS) is 21.4. The van der Waals surface area contributed by atoms with Crippen LogP contribution in [0.2, 0.25) is 0 Å². The molecule has 1 aliphatic heterocycles. The molecule has 98 valence electrons. The summed E-state index contributed by atoms with van der Waals surface area (Å²) in [5.41, 5.74) is -0.625. The van der Waals surface area contributed by atoms with Gasteiger partial charge in [0.25, 0.3) is 0 Å². The number of carbonyl (C=O) groups is 2. The topological polar surface area (TPSA) is 49.9 Å². The van der Waals surface area contributed by atoms with Crippen LogP contribution >= 0.6 is 0 Å². The van der Waals surface area contributed by atoms with E-state index in [0.717, 1.165) is 19.5 Å². The summed E-state index contributed by atoms with van der Waals surface area (Å²) < 4.78 is 5.06. The van der Waals surface area contributed by atoms with E-state index in [2.05, 4.69) is 4.90 Å². The van der Waals surface area contributed by atoms with Gasteiger partial charge < -0.3 is 14.5 Å². The van der Waals surface area contributed by atoms with E-state index in [1.807, 2.05) is 7.05 Å². The molecule has 1 heterocycles. The first-order valence-corrected chi connectivity index (χ1v) is 5.89. The summed E-state index contributed by atoms with van der Waals surface area (Å²) in [6.45, 7) is 7.02. The van der Waals surface area contributed by atoms with E-state index in [4.69, 9.17) is 4.74 Å². The van der Waals surface area contributed by atoms with Crippen molar-refractivity contribution in [2.45, 2.75) is 38.8 Å². The summed E-state index contributed by atoms with van der Waals surface area (Å²) in [6, 6.07) is 0.111. The standard InChI is InChI=1S/C12H22N2O3/c1-12(2,3)17-11(16)10(15)14(5)9-6-7-13(4)8-9/h9H,6-8H2,1-5H3. The van der Waals surface area contributed by atoms with E-state index < -0.39 is 17.5 Å². The van der Waals surface area contributed by atoms with Crippen molar-refractivity contribution in [1.29, 1.82) is 0 Å². The lowest BCUT2D eigenvalue weighted by atomic mass is 10.2. The van der Waals surface area contributed by atoms with Crippen molar-refractivity contribution in [3.05, 3.63) is 0 Å². The fraction of sp³-hybridized carbons (Fsp3) is 0.833. The van der Waals surface area contributed by atoms with Crippen molar-refractivity contribution in [2.75, 3.05) is 27.2 Å². The Balaban J connectivity index is 2.55. The molecule has 0 aromatic carbocycles. The molecule has 5 nitrogen and oxygen atoms in total. The van der Waals surface area contributed by atoms with Gasteiger partial charge in [-0.2, -0.15) is 0 Å². The van der Waals surface area contributed by atoms with Crippen LogP contribution in [0.5, 0.6) is 0 Å². The monoisotopic (exact) mass is 242 g/mol. The van der Waals surface area contributed by atoms with Crippen LogP contribution in [0.15, 0.2) is 0 Å². The zero-order chi connectivity index (χ0) is 13.2. The number of likely N-dealkylation sites (N-methyl/N-ethyl adjacent to an activating group) is 2. The van der Waals surface area contributed by atoms with Gasteiger partial charge in [-0.15, -0.1) is 0 Å². The van der Waals surface area contributed by atoms with Gasteiger partial charge in [-0.3, -0.25) is 4.79 Å². The first-order chi connectivity index (χ1) is 7.70. The molecule has 0 spiro atoms. The highest BCUT2D eigenvalue weighted by Crippen LogP contribution is 2.14. The summed E-state index contributed by atoms with van der Waals surface area (Å²) in [7, 11) is 3.67. The molecule has 0 bridgehead atoms. The minimum atomic E-state index is -0.769. The highest BCUT2D eigenvalue weighted by Gasteiger charge is 2.32. The number of carbonyl (C=O) groups excluding carboxylic acids is 2. The Hall–Kier alpha value is -1.10. The average molecular weight is 242 g/mol. The van der Waals surface area contributed by atoms with Crippen molar-refractivity contribution in [3.63, 3.8) is 0 Å². The lowest BCUT2D eigenvalue weighted by Gasteiger charge is -2.25. The smallest absolute Gasteiger partial charge is 0.397 e. The Morgan fingerprint density at radius 3 is 2.35 bits per heavy atom. The van der Waals surface area contributed by atoms with Gasteiger partial charge >= 0.3 is 11.9 Å². The van der Waals surface area contributed by atoms with Crippen molar-refractivity contribution < 1.29 is 14.3 Å². The molecule has 0 N–H and O–H groups in total. The number of hydrogen-bond donors (Lipinski definition) is 0. The molecule has 1 amide bonds. The summed E-state index contributed by atoms with van der Waals surface area (Å²) >= 11 is 0. The Labute approximate surface area is 103 Å². The maximum absolute atomic E-state index is 11.8. The second-order valence-electron chi connectivity index (χ2n) is 5.62. The minimum Gasteiger partial charge on any atom is -0.453 e. The van der Waals surface area contributed by atoms with Gasteiger partial charge in [0.15, 0.2) is 0 Å². The van der Waals surface area contributed by atoms with Crippen LogP contribution < -0.4 is 0 Å². The van der Waals surface area contributed by atoms with E-state index in [1.165, 1.54) is 4.90 Å². The van der Waals surface area contributed by atoms with Gasteiger partial charge in [0.2, 0.25) is 0 Å². The van der Waals surface area contributed by atoms with Crippen LogP contribution in [0.1, 0.15) is 27.2 Å². The highest BCUT2D eigenvalue weighted by atomic mass is 16.6. The first-order valence-electron chi connectivity index (χ1n) is 5.89. The summed E-state index contributed by atoms with van der Waals surface area (Å²) in [5.74, 6) is -1.32. The molecule has 1 atom stereocenters. The molecule has 0 aliphatic carbocycles. The summed E-state index contributed by atoms with van der Waals surface area (Å²) in [5, 5.41) is 0. The molecule has 0 saturated carbocycles. The van der Waals surface area contributed by atoms with E-state index in [-0.39, 0.29) is 6.04 Å². The molecule has 0 aromatic heterocycles. The number of hydrogen-bond acceptors (Lipinski definition) is 4. The predicted molar refractivity (Wildman–Crippen MR) is 64.5 cm³/mol. The highest BCUT2D eigenvalue weighted by molar-refractivity contribution is 6.32. The van der Waals surface area contributed by atoms with Gasteiger partial charge in [-0.1, -0.05) is 0 Å². The van der Waals surface area contributed by atoms with Crippen molar-refractivity contribution in [2.24, 2.45) is 0 Å². The van der Waals surface area contributed by atoms with E-state index in [0.29, 0.717) is 0 Å². The van der Waals surface area contributed by atoms with Crippen LogP contribution in [0.4, 0.5) is 0 Å². The van der Waals surface area contributed by atoms with E-state index >= 15 is 0 Å². The lowest BCUT2D eigenvalue weighted by Crippen LogP contribution is -2.44. The van der Waals surface area contributed by atoms with Gasteiger partial charge in [-0.25, -0.2) is 4.79 Å². The average Bonchev–Trinajstić information content (AvgIpc) is 2.60. The third-order valence-corrected chi connectivity index (χ3v) is 2.81. The second-order valence-corrected chi connectivity index (χ2v) is 5.62. The number of amides is 1. The number of likely N-dealkylation sites (tertiary alicyclic amines) is 1. The van der Waals surface area contributed by atoms with Crippen LogP contribution in [0, 0.1) is 0 Å². The third kappa shape index (κ3) is 4.00. The molecule has 1 rings (SSSR count). The number of esters is 1. The second kappa shape index (κ2) is 5.04. The predicted octanol–water partition coefficient (Wildman–Crippen LogP) is 0.491. The van der Waals surface area contributed by atoms with Crippen LogP contribution in [-0.2, 0) is 14.3 Å². The minimum absolute atomic E-state index is 0.111. The Morgan fingerprint density at radius 2 is 1.94 bits per heavy atom. The molecule has 0 aromatic rings. The maximum atomic E-state index is 11.8. The van der Waals surface area contributed by atoms with Crippen LogP contribution in [0.25, 0.3) is 0 Å². The fourth-order valence-electron chi connectivity index (χ4n) is 1.86. The largest absolute Gasteiger partial charge is 0.453 e. The zero-order valence-corrected chi connectivity index (χ0v) is 11.3. The number of nitrogens with zero attached hydrogens (tertiary/aromatic N) is 2. The SMILES string of the molecule is CN1CCC(N(C)C(=O)C(=O)OC(C)(C)C)C1. The number of ether oxygens (including phenoxy) is 1. The van der Waals surface area contributed by atoms with Crippen molar-refractivity contribution in [3.8, 4) is 0 Å². The first kappa shape index (κ1) is 14.0. The molecule has 5 heteroatoms. The molecule has 17 heavy (non-hydrogen) atoms. The lowest BCUT2D eigenvalue weighted by molar-refractivity contribution is -0.168. The maximum Gasteiger partial charge on any atom is 0.397 e. The van der Waals surface area contributed by atoms with Gasteiger partial charge in [0.05, 0.1) is 0 Å². The zero-order valence-electron chi connectivity index (χ0n) is 11.3. The molecule has 1 aliphatic rings. The molecule has 1 unspecified atom stereocenters. The third-order valence-electron chi connectivity index (χ3n) is 2.81. The van der Waals surface area contributed by atoms with E-state index in [1.54, 1.807) is 27.8 Å². The fourth-order valence-corrected chi connectivity index (χ4v) is 1.86. The van der Waals surface area contributed by atoms with Gasteiger partial charge in [0.1, 0.15) is 5.60 Å². The molecule has 1 saturated heterocycles. The van der Waals surface area contributed by atoms with Crippen molar-refractivity contribution in [1.82, 2.24) is 9.80 Å². The molecular formula is C12H22N2O3. The van der Waals surface area contributed by atoms with Crippen LogP contribution in [0.3, 0.4) is 0 Å². The van der Waals surface area contributed by atoms with Crippen molar-refractivity contribution >= 4 is 11.9 Å². The molecular weight excluding hydrogens is 220 g/mol. The molecule has 1 fully saturated rings. The number of rotatable bonds is 1. The molecule has 0 radical (unpaired) electrons. The van der Waals surface area contributed by atoms with Crippen LogP contribution in [-0.4, -0.2) is 60.5 Å². The summed E-state index contributed by atoms with van der Waals surface area (Å²) in [6.07, 6.45) is 0.904. The Bertz CT molecular complexity index is 309. The Morgan fingerprint density at radius 1 is 1.35 bits per heavy atom. The Kier molecular flexibility index (Phi) is 4.14. The quantitative estimate of drug-likeness (QED) is 0.496. The van der Waals surface area contributed by atoms with E-state index in [9.17, 15) is 9.59 Å². The van der Waals surface area contributed by atoms with Gasteiger partial charge in [-0.05, 0) is 40.8 Å². The summed E-state index contributed by atoms with van der Waals surface area (Å²) in [4.78, 5) is 27.1. The van der Waals surface area contributed by atoms with Gasteiger partial charge in [0, 0.05) is 19.6 Å².